The number of aliphatic hydroxyl groups is 2. The molecule has 15 heavy (non-hydrogen) atoms. The highest BCUT2D eigenvalue weighted by molar-refractivity contribution is 9.10. The molecule has 1 rings (SSSR count). The van der Waals surface area contributed by atoms with Gasteiger partial charge in [-0.2, -0.15) is 0 Å². The fourth-order valence-corrected chi connectivity index (χ4v) is 1.33. The van der Waals surface area contributed by atoms with Crippen LogP contribution in [0.25, 0.3) is 0 Å². The molecular formula is C7H12BrN5O2. The lowest BCUT2D eigenvalue weighted by Gasteiger charge is -2.11. The van der Waals surface area contributed by atoms with Crippen LogP contribution in [0.15, 0.2) is 10.8 Å². The summed E-state index contributed by atoms with van der Waals surface area (Å²) in [6, 6.07) is 0. The van der Waals surface area contributed by atoms with Crippen LogP contribution in [-0.4, -0.2) is 39.4 Å². The van der Waals surface area contributed by atoms with Gasteiger partial charge in [0.05, 0.1) is 12.7 Å². The number of aromatic nitrogens is 2. The Morgan fingerprint density at radius 2 is 2.13 bits per heavy atom. The van der Waals surface area contributed by atoms with Gasteiger partial charge in [0.1, 0.15) is 16.6 Å². The molecule has 0 aliphatic rings. The number of hydrazine groups is 1. The van der Waals surface area contributed by atoms with Gasteiger partial charge in [0.25, 0.3) is 0 Å². The first-order chi connectivity index (χ1) is 7.19. The van der Waals surface area contributed by atoms with Gasteiger partial charge >= 0.3 is 0 Å². The Bertz CT molecular complexity index is 324. The predicted octanol–water partition coefficient (Wildman–Crippen LogP) is -0.710. The van der Waals surface area contributed by atoms with Gasteiger partial charge in [-0.1, -0.05) is 0 Å². The van der Waals surface area contributed by atoms with Gasteiger partial charge in [-0.05, 0) is 15.9 Å². The third-order valence-corrected chi connectivity index (χ3v) is 2.39. The molecule has 1 atom stereocenters. The molecule has 0 spiro atoms. The van der Waals surface area contributed by atoms with E-state index in [0.29, 0.717) is 16.1 Å². The fourth-order valence-electron chi connectivity index (χ4n) is 0.873. The Hall–Kier alpha value is -0.960. The average Bonchev–Trinajstić information content (AvgIpc) is 2.27. The molecule has 0 fully saturated rings. The van der Waals surface area contributed by atoms with E-state index in [1.54, 1.807) is 0 Å². The maximum absolute atomic E-state index is 9.13. The van der Waals surface area contributed by atoms with Crippen LogP contribution in [0, 0.1) is 0 Å². The maximum atomic E-state index is 9.13. The normalized spacial score (nSPS) is 12.3. The third kappa shape index (κ3) is 3.27. The first kappa shape index (κ1) is 12.1. The Kier molecular flexibility index (Phi) is 4.69. The zero-order valence-electron chi connectivity index (χ0n) is 7.81. The molecule has 6 N–H and O–H groups in total. The zero-order valence-corrected chi connectivity index (χ0v) is 9.40. The van der Waals surface area contributed by atoms with Gasteiger partial charge in [0.15, 0.2) is 5.82 Å². The Morgan fingerprint density at radius 1 is 1.47 bits per heavy atom. The van der Waals surface area contributed by atoms with Crippen LogP contribution in [0.3, 0.4) is 0 Å². The molecule has 0 aliphatic heterocycles. The Labute approximate surface area is 94.8 Å². The number of halogens is 1. The van der Waals surface area contributed by atoms with Crippen molar-refractivity contribution in [1.82, 2.24) is 9.97 Å². The van der Waals surface area contributed by atoms with Gasteiger partial charge in [0.2, 0.25) is 0 Å². The molecule has 84 valence electrons. The zero-order chi connectivity index (χ0) is 11.3. The number of rotatable bonds is 5. The summed E-state index contributed by atoms with van der Waals surface area (Å²) < 4.78 is 0.567. The summed E-state index contributed by atoms with van der Waals surface area (Å²) in [6.07, 6.45) is 0.495. The van der Waals surface area contributed by atoms with Crippen LogP contribution in [0.1, 0.15) is 0 Å². The van der Waals surface area contributed by atoms with E-state index in [-0.39, 0.29) is 13.2 Å². The summed E-state index contributed by atoms with van der Waals surface area (Å²) in [6.45, 7) is -0.117. The van der Waals surface area contributed by atoms with Crippen molar-refractivity contribution < 1.29 is 10.2 Å². The number of nitrogen functional groups attached to an aromatic ring is 1. The molecule has 8 heteroatoms. The highest BCUT2D eigenvalue weighted by Gasteiger charge is 2.08. The van der Waals surface area contributed by atoms with Gasteiger partial charge in [-0.3, -0.25) is 0 Å². The second-order valence-corrected chi connectivity index (χ2v) is 3.54. The van der Waals surface area contributed by atoms with E-state index in [1.165, 1.54) is 6.33 Å². The van der Waals surface area contributed by atoms with Gasteiger partial charge < -0.3 is 21.0 Å². The van der Waals surface area contributed by atoms with Crippen molar-refractivity contribution >= 4 is 27.6 Å². The van der Waals surface area contributed by atoms with E-state index in [1.807, 2.05) is 0 Å². The molecule has 0 saturated carbocycles. The van der Waals surface area contributed by atoms with Crippen LogP contribution in [0.5, 0.6) is 0 Å². The monoisotopic (exact) mass is 277 g/mol. The number of nitrogens with zero attached hydrogens (tertiary/aromatic N) is 2. The molecule has 0 saturated heterocycles. The van der Waals surface area contributed by atoms with Crippen LogP contribution in [-0.2, 0) is 0 Å². The molecule has 0 amide bonds. The molecule has 0 aromatic carbocycles. The smallest absolute Gasteiger partial charge is 0.159 e. The molecule has 7 nitrogen and oxygen atoms in total. The molecular weight excluding hydrogens is 266 g/mol. The minimum atomic E-state index is -0.832. The molecule has 1 unspecified atom stereocenters. The standard InChI is InChI=1S/C7H12BrN5O2/c8-5-6(10-1-4(15)2-14)11-3-12-7(5)13-9/h3-4,14-15H,1-2,9H2,(H2,10,11,12,13). The van der Waals surface area contributed by atoms with Crippen molar-refractivity contribution in [2.75, 3.05) is 23.9 Å². The average molecular weight is 278 g/mol. The number of anilines is 2. The maximum Gasteiger partial charge on any atom is 0.159 e. The lowest BCUT2D eigenvalue weighted by atomic mass is 10.4. The van der Waals surface area contributed by atoms with Crippen molar-refractivity contribution in [2.45, 2.75) is 6.10 Å². The highest BCUT2D eigenvalue weighted by atomic mass is 79.9. The molecule has 0 radical (unpaired) electrons. The largest absolute Gasteiger partial charge is 0.394 e. The van der Waals surface area contributed by atoms with Crippen molar-refractivity contribution in [3.8, 4) is 0 Å². The number of hydrogen-bond donors (Lipinski definition) is 5. The second-order valence-electron chi connectivity index (χ2n) is 2.75. The van der Waals surface area contributed by atoms with Crippen molar-refractivity contribution in [2.24, 2.45) is 5.84 Å². The molecule has 1 aromatic heterocycles. The van der Waals surface area contributed by atoms with E-state index < -0.39 is 6.10 Å². The number of nitrogens with two attached hydrogens (primary N) is 1. The van der Waals surface area contributed by atoms with E-state index >= 15 is 0 Å². The van der Waals surface area contributed by atoms with Crippen molar-refractivity contribution in [1.29, 1.82) is 0 Å². The molecule has 0 aliphatic carbocycles. The van der Waals surface area contributed by atoms with Crippen molar-refractivity contribution in [3.05, 3.63) is 10.8 Å². The van der Waals surface area contributed by atoms with Gasteiger partial charge in [-0.25, -0.2) is 15.8 Å². The minimum Gasteiger partial charge on any atom is -0.394 e. The van der Waals surface area contributed by atoms with E-state index in [2.05, 4.69) is 36.6 Å². The Balaban J connectivity index is 2.68. The van der Waals surface area contributed by atoms with Gasteiger partial charge in [-0.15, -0.1) is 0 Å². The second kappa shape index (κ2) is 5.81. The number of nitrogens with one attached hydrogen (secondary N) is 2. The summed E-state index contributed by atoms with van der Waals surface area (Å²) in [5.74, 6) is 6.14. The lowest BCUT2D eigenvalue weighted by Crippen LogP contribution is -2.23. The minimum absolute atomic E-state index is 0.191. The molecule has 1 heterocycles. The fraction of sp³-hybridized carbons (Fsp3) is 0.429. The van der Waals surface area contributed by atoms with Crippen LogP contribution in [0.2, 0.25) is 0 Å². The predicted molar refractivity (Wildman–Crippen MR) is 59.1 cm³/mol. The van der Waals surface area contributed by atoms with E-state index in [0.717, 1.165) is 0 Å². The van der Waals surface area contributed by atoms with E-state index in [4.69, 9.17) is 16.1 Å². The summed E-state index contributed by atoms with van der Waals surface area (Å²) in [5.41, 5.74) is 2.39. The number of hydrogen-bond acceptors (Lipinski definition) is 7. The Morgan fingerprint density at radius 3 is 2.73 bits per heavy atom. The first-order valence-electron chi connectivity index (χ1n) is 4.19. The summed E-state index contributed by atoms with van der Waals surface area (Å²) >= 11 is 3.24. The summed E-state index contributed by atoms with van der Waals surface area (Å²) in [7, 11) is 0. The summed E-state index contributed by atoms with van der Waals surface area (Å²) in [4.78, 5) is 7.79. The highest BCUT2D eigenvalue weighted by Crippen LogP contribution is 2.25. The number of aliphatic hydroxyl groups excluding tert-OH is 2. The third-order valence-electron chi connectivity index (χ3n) is 1.64. The lowest BCUT2D eigenvalue weighted by molar-refractivity contribution is 0.105. The van der Waals surface area contributed by atoms with Crippen LogP contribution < -0.4 is 16.6 Å². The molecule has 1 aromatic rings. The summed E-state index contributed by atoms with van der Waals surface area (Å²) in [5, 5.41) is 20.6. The van der Waals surface area contributed by atoms with E-state index in [9.17, 15) is 0 Å². The van der Waals surface area contributed by atoms with Crippen molar-refractivity contribution in [3.63, 3.8) is 0 Å². The van der Waals surface area contributed by atoms with Gasteiger partial charge in [0, 0.05) is 6.54 Å². The van der Waals surface area contributed by atoms with Crippen LogP contribution in [0.4, 0.5) is 11.6 Å². The SMILES string of the molecule is NNc1ncnc(NCC(O)CO)c1Br. The van der Waals surface area contributed by atoms with Crippen LogP contribution >= 0.6 is 15.9 Å². The first-order valence-corrected chi connectivity index (χ1v) is 4.98. The quantitative estimate of drug-likeness (QED) is 0.357. The topological polar surface area (TPSA) is 116 Å². The molecule has 0 bridgehead atoms.